The molecule has 3 rings (SSSR count). The van der Waals surface area contributed by atoms with Crippen LogP contribution in [0.15, 0.2) is 48.5 Å². The molecule has 2 aromatic carbocycles. The Morgan fingerprint density at radius 3 is 2.79 bits per heavy atom. The Morgan fingerprint density at radius 2 is 2.00 bits per heavy atom. The standard InChI is InChI=1S/C19H25N3OS/c1-14(22-24-2)16-9-7-15(8-10-16)11-20-12-17-13-23-19-6-4-3-5-18(19)21-17/h3-10,14,17,20-22H,11-13H2,1-2H3/t14-,17?/m1/s1. The molecule has 4 nitrogen and oxygen atoms in total. The molecule has 1 heterocycles. The van der Waals surface area contributed by atoms with Gasteiger partial charge in [-0.25, -0.2) is 0 Å². The molecule has 1 aliphatic rings. The Kier molecular flexibility index (Phi) is 6.01. The van der Waals surface area contributed by atoms with Crippen molar-refractivity contribution in [2.24, 2.45) is 0 Å². The van der Waals surface area contributed by atoms with E-state index >= 15 is 0 Å². The highest BCUT2D eigenvalue weighted by atomic mass is 32.2. The predicted molar refractivity (Wildman–Crippen MR) is 103 cm³/mol. The van der Waals surface area contributed by atoms with Gasteiger partial charge in [-0.05, 0) is 36.4 Å². The molecule has 0 amide bonds. The van der Waals surface area contributed by atoms with E-state index in [1.807, 2.05) is 18.2 Å². The van der Waals surface area contributed by atoms with Gasteiger partial charge in [0.25, 0.3) is 0 Å². The van der Waals surface area contributed by atoms with Crippen LogP contribution in [0.5, 0.6) is 5.75 Å². The van der Waals surface area contributed by atoms with Crippen molar-refractivity contribution in [3.05, 3.63) is 59.7 Å². The highest BCUT2D eigenvalue weighted by molar-refractivity contribution is 7.96. The molecule has 24 heavy (non-hydrogen) atoms. The van der Waals surface area contributed by atoms with Gasteiger partial charge in [-0.15, -0.1) is 0 Å². The van der Waals surface area contributed by atoms with Gasteiger partial charge in [0.05, 0.1) is 11.7 Å². The average Bonchev–Trinajstić information content (AvgIpc) is 2.62. The molecule has 2 aromatic rings. The van der Waals surface area contributed by atoms with Gasteiger partial charge in [0.15, 0.2) is 0 Å². The number of para-hydroxylation sites is 2. The first kappa shape index (κ1) is 17.1. The van der Waals surface area contributed by atoms with Gasteiger partial charge < -0.3 is 15.4 Å². The van der Waals surface area contributed by atoms with Crippen LogP contribution in [0.2, 0.25) is 0 Å². The zero-order valence-corrected chi connectivity index (χ0v) is 15.0. The average molecular weight is 343 g/mol. The van der Waals surface area contributed by atoms with Crippen LogP contribution in [0.3, 0.4) is 0 Å². The molecule has 3 N–H and O–H groups in total. The van der Waals surface area contributed by atoms with Crippen LogP contribution in [0, 0.1) is 0 Å². The van der Waals surface area contributed by atoms with Crippen molar-refractivity contribution in [3.8, 4) is 5.75 Å². The van der Waals surface area contributed by atoms with E-state index in [0.717, 1.165) is 24.5 Å². The van der Waals surface area contributed by atoms with Gasteiger partial charge >= 0.3 is 0 Å². The quantitative estimate of drug-likeness (QED) is 0.671. The Balaban J connectivity index is 1.45. The second-order valence-electron chi connectivity index (χ2n) is 6.06. The Hall–Kier alpha value is -1.69. The van der Waals surface area contributed by atoms with E-state index in [4.69, 9.17) is 4.74 Å². The Morgan fingerprint density at radius 1 is 1.21 bits per heavy atom. The van der Waals surface area contributed by atoms with Crippen molar-refractivity contribution < 1.29 is 4.74 Å². The molecule has 2 atom stereocenters. The van der Waals surface area contributed by atoms with Crippen molar-refractivity contribution in [2.45, 2.75) is 25.6 Å². The molecule has 5 heteroatoms. The van der Waals surface area contributed by atoms with E-state index in [9.17, 15) is 0 Å². The van der Waals surface area contributed by atoms with Crippen LogP contribution in [-0.2, 0) is 6.54 Å². The number of ether oxygens (including phenoxy) is 1. The lowest BCUT2D eigenvalue weighted by molar-refractivity contribution is 0.280. The van der Waals surface area contributed by atoms with Crippen LogP contribution in [0.25, 0.3) is 0 Å². The molecule has 0 saturated heterocycles. The van der Waals surface area contributed by atoms with Crippen molar-refractivity contribution >= 4 is 17.6 Å². The fraction of sp³-hybridized carbons (Fsp3) is 0.368. The van der Waals surface area contributed by atoms with E-state index in [1.165, 1.54) is 11.1 Å². The minimum atomic E-state index is 0.296. The zero-order chi connectivity index (χ0) is 16.8. The molecule has 0 saturated carbocycles. The molecule has 128 valence electrons. The van der Waals surface area contributed by atoms with E-state index in [2.05, 4.69) is 58.9 Å². The monoisotopic (exact) mass is 343 g/mol. The number of hydrogen-bond donors (Lipinski definition) is 3. The van der Waals surface area contributed by atoms with E-state index in [0.29, 0.717) is 18.7 Å². The SMILES string of the molecule is CSN[C@H](C)c1ccc(CNCC2COc3ccccc3N2)cc1. The number of anilines is 1. The predicted octanol–water partition coefficient (Wildman–Crippen LogP) is 3.58. The minimum absolute atomic E-state index is 0.296. The minimum Gasteiger partial charge on any atom is -0.489 e. The first-order chi connectivity index (χ1) is 11.8. The number of fused-ring (bicyclic) bond motifs is 1. The van der Waals surface area contributed by atoms with Crippen LogP contribution in [-0.4, -0.2) is 25.4 Å². The maximum atomic E-state index is 5.79. The third-order valence-corrected chi connectivity index (χ3v) is 4.77. The molecular weight excluding hydrogens is 318 g/mol. The van der Waals surface area contributed by atoms with E-state index in [-0.39, 0.29) is 0 Å². The van der Waals surface area contributed by atoms with Crippen molar-refractivity contribution in [1.82, 2.24) is 10.0 Å². The van der Waals surface area contributed by atoms with Gasteiger partial charge in [0, 0.05) is 19.1 Å². The largest absolute Gasteiger partial charge is 0.489 e. The third kappa shape index (κ3) is 4.44. The fourth-order valence-corrected chi connectivity index (χ4v) is 3.32. The Bertz CT molecular complexity index is 647. The third-order valence-electron chi connectivity index (χ3n) is 4.18. The topological polar surface area (TPSA) is 45.3 Å². The summed E-state index contributed by atoms with van der Waals surface area (Å²) in [5.41, 5.74) is 3.69. The maximum Gasteiger partial charge on any atom is 0.142 e. The fourth-order valence-electron chi connectivity index (χ4n) is 2.83. The highest BCUT2D eigenvalue weighted by Crippen LogP contribution is 2.27. The van der Waals surface area contributed by atoms with Crippen LogP contribution in [0.4, 0.5) is 5.69 Å². The first-order valence-corrected chi connectivity index (χ1v) is 9.55. The molecule has 0 fully saturated rings. The first-order valence-electron chi connectivity index (χ1n) is 8.32. The van der Waals surface area contributed by atoms with Crippen LogP contribution < -0.4 is 20.1 Å². The second kappa shape index (κ2) is 8.42. The summed E-state index contributed by atoms with van der Waals surface area (Å²) in [5, 5.41) is 7.04. The van der Waals surface area contributed by atoms with Crippen LogP contribution >= 0.6 is 11.9 Å². The summed E-state index contributed by atoms with van der Waals surface area (Å²) < 4.78 is 9.15. The van der Waals surface area contributed by atoms with Gasteiger partial charge in [-0.1, -0.05) is 48.3 Å². The molecule has 0 radical (unpaired) electrons. The smallest absolute Gasteiger partial charge is 0.142 e. The summed E-state index contributed by atoms with van der Waals surface area (Å²) in [7, 11) is 0. The summed E-state index contributed by atoms with van der Waals surface area (Å²) in [4.78, 5) is 0. The summed E-state index contributed by atoms with van der Waals surface area (Å²) in [6.45, 7) is 4.61. The molecule has 1 unspecified atom stereocenters. The molecule has 1 aliphatic heterocycles. The van der Waals surface area contributed by atoms with Crippen LogP contribution in [0.1, 0.15) is 24.1 Å². The lowest BCUT2D eigenvalue weighted by Crippen LogP contribution is -2.39. The summed E-state index contributed by atoms with van der Waals surface area (Å²) in [6, 6.07) is 17.5. The van der Waals surface area contributed by atoms with E-state index in [1.54, 1.807) is 11.9 Å². The molecule has 0 aliphatic carbocycles. The van der Waals surface area contributed by atoms with Gasteiger partial charge in [0.1, 0.15) is 12.4 Å². The van der Waals surface area contributed by atoms with Crippen molar-refractivity contribution in [2.75, 3.05) is 24.7 Å². The normalized spacial score (nSPS) is 17.5. The summed E-state index contributed by atoms with van der Waals surface area (Å²) >= 11 is 1.65. The Labute approximate surface area is 148 Å². The summed E-state index contributed by atoms with van der Waals surface area (Å²) in [5.74, 6) is 0.942. The van der Waals surface area contributed by atoms with Gasteiger partial charge in [-0.3, -0.25) is 4.72 Å². The number of rotatable bonds is 7. The van der Waals surface area contributed by atoms with Gasteiger partial charge in [0.2, 0.25) is 0 Å². The number of hydrogen-bond acceptors (Lipinski definition) is 5. The van der Waals surface area contributed by atoms with E-state index < -0.39 is 0 Å². The van der Waals surface area contributed by atoms with Crippen molar-refractivity contribution in [1.29, 1.82) is 0 Å². The molecule has 0 bridgehead atoms. The maximum absolute atomic E-state index is 5.79. The summed E-state index contributed by atoms with van der Waals surface area (Å²) in [6.07, 6.45) is 2.05. The zero-order valence-electron chi connectivity index (χ0n) is 14.2. The number of nitrogens with one attached hydrogen (secondary N) is 3. The lowest BCUT2D eigenvalue weighted by atomic mass is 10.1. The molecular formula is C19H25N3OS. The lowest BCUT2D eigenvalue weighted by Gasteiger charge is -2.27. The molecule has 0 aromatic heterocycles. The molecule has 0 spiro atoms. The highest BCUT2D eigenvalue weighted by Gasteiger charge is 2.17. The second-order valence-corrected chi connectivity index (χ2v) is 6.71. The number of benzene rings is 2. The van der Waals surface area contributed by atoms with Crippen molar-refractivity contribution in [3.63, 3.8) is 0 Å². The van der Waals surface area contributed by atoms with Gasteiger partial charge in [-0.2, -0.15) is 0 Å².